The summed E-state index contributed by atoms with van der Waals surface area (Å²) in [5.74, 6) is 0. The van der Waals surface area contributed by atoms with Gasteiger partial charge in [0.15, 0.2) is 0 Å². The van der Waals surface area contributed by atoms with Gasteiger partial charge in [0.1, 0.15) is 0 Å². The van der Waals surface area contributed by atoms with Gasteiger partial charge in [0.25, 0.3) is 0 Å². The third-order valence-electron chi connectivity index (χ3n) is 10.6. The quantitative estimate of drug-likeness (QED) is 0.162. The molecule has 10 aromatic rings. The number of para-hydroxylation sites is 3. The summed E-state index contributed by atoms with van der Waals surface area (Å²) in [6, 6.07) is 79.0. The molecular formula is C52H36N2. The number of hydrogen-bond acceptors (Lipinski definition) is 1. The molecule has 0 atom stereocenters. The largest absolute Gasteiger partial charge is 0.309 e. The van der Waals surface area contributed by atoms with E-state index in [-0.39, 0.29) is 0 Å². The standard InChI is InChI=1S/C52H36N2/c1-3-18-38(19-4-1)44-25-9-10-26-45(44)40-21-15-24-43(36-40)54(48-29-13-11-27-46(48)41-34-33-37-17-7-8-20-39(37)35-41)51-32-16-31-50-52(51)47-28-12-14-30-49(47)53(50)42-22-5-2-6-23-42/h1-36H. The van der Waals surface area contributed by atoms with Crippen LogP contribution in [0.3, 0.4) is 0 Å². The summed E-state index contributed by atoms with van der Waals surface area (Å²) in [4.78, 5) is 2.48. The highest BCUT2D eigenvalue weighted by molar-refractivity contribution is 6.17. The zero-order valence-electron chi connectivity index (χ0n) is 29.7. The first kappa shape index (κ1) is 31.6. The second kappa shape index (κ2) is 13.4. The lowest BCUT2D eigenvalue weighted by molar-refractivity contribution is 1.18. The van der Waals surface area contributed by atoms with Crippen LogP contribution in [0.2, 0.25) is 0 Å². The van der Waals surface area contributed by atoms with Crippen molar-refractivity contribution in [2.45, 2.75) is 0 Å². The highest BCUT2D eigenvalue weighted by Crippen LogP contribution is 2.47. The highest BCUT2D eigenvalue weighted by atomic mass is 15.2. The molecule has 0 N–H and O–H groups in total. The number of anilines is 3. The van der Waals surface area contributed by atoms with Crippen molar-refractivity contribution in [1.29, 1.82) is 0 Å². The van der Waals surface area contributed by atoms with E-state index in [2.05, 4.69) is 228 Å². The van der Waals surface area contributed by atoms with Crippen molar-refractivity contribution in [1.82, 2.24) is 4.57 Å². The van der Waals surface area contributed by atoms with Gasteiger partial charge in [-0.1, -0.05) is 164 Å². The van der Waals surface area contributed by atoms with E-state index in [9.17, 15) is 0 Å². The molecule has 9 aromatic carbocycles. The number of benzene rings is 9. The predicted octanol–water partition coefficient (Wildman–Crippen LogP) is 14.4. The molecule has 2 nitrogen and oxygen atoms in total. The van der Waals surface area contributed by atoms with Gasteiger partial charge in [-0.25, -0.2) is 0 Å². The van der Waals surface area contributed by atoms with Gasteiger partial charge in [0, 0.05) is 27.7 Å². The molecule has 0 saturated heterocycles. The van der Waals surface area contributed by atoms with Crippen molar-refractivity contribution in [2.75, 3.05) is 4.90 Å². The fourth-order valence-corrected chi connectivity index (χ4v) is 8.14. The van der Waals surface area contributed by atoms with E-state index in [4.69, 9.17) is 0 Å². The normalized spacial score (nSPS) is 11.3. The molecule has 0 amide bonds. The zero-order valence-corrected chi connectivity index (χ0v) is 29.7. The molecule has 0 radical (unpaired) electrons. The van der Waals surface area contributed by atoms with Crippen LogP contribution in [-0.4, -0.2) is 4.57 Å². The molecule has 0 aliphatic heterocycles. The van der Waals surface area contributed by atoms with Crippen molar-refractivity contribution in [2.24, 2.45) is 0 Å². The first-order valence-electron chi connectivity index (χ1n) is 18.5. The molecule has 1 heterocycles. The number of aromatic nitrogens is 1. The van der Waals surface area contributed by atoms with Gasteiger partial charge >= 0.3 is 0 Å². The minimum Gasteiger partial charge on any atom is -0.309 e. The van der Waals surface area contributed by atoms with Crippen LogP contribution in [0.15, 0.2) is 218 Å². The number of nitrogens with zero attached hydrogens (tertiary/aromatic N) is 2. The Morgan fingerprint density at radius 1 is 0.333 bits per heavy atom. The Balaban J connectivity index is 1.26. The molecule has 0 bridgehead atoms. The summed E-state index contributed by atoms with van der Waals surface area (Å²) in [7, 11) is 0. The van der Waals surface area contributed by atoms with Gasteiger partial charge in [0.05, 0.1) is 22.4 Å². The molecule has 254 valence electrons. The molecule has 2 heteroatoms. The minimum absolute atomic E-state index is 1.09. The molecule has 54 heavy (non-hydrogen) atoms. The average Bonchev–Trinajstić information content (AvgIpc) is 3.60. The van der Waals surface area contributed by atoms with Crippen molar-refractivity contribution >= 4 is 49.6 Å². The number of rotatable bonds is 7. The predicted molar refractivity (Wildman–Crippen MR) is 229 cm³/mol. The second-order valence-corrected chi connectivity index (χ2v) is 13.7. The molecule has 0 fully saturated rings. The number of hydrogen-bond donors (Lipinski definition) is 0. The van der Waals surface area contributed by atoms with Gasteiger partial charge in [-0.05, 0) is 93.2 Å². The van der Waals surface area contributed by atoms with Crippen molar-refractivity contribution < 1.29 is 0 Å². The number of fused-ring (bicyclic) bond motifs is 4. The van der Waals surface area contributed by atoms with Crippen molar-refractivity contribution in [3.05, 3.63) is 218 Å². The van der Waals surface area contributed by atoms with Crippen molar-refractivity contribution in [3.63, 3.8) is 0 Å². The van der Waals surface area contributed by atoms with Crippen LogP contribution < -0.4 is 4.90 Å². The van der Waals surface area contributed by atoms with E-state index in [0.29, 0.717) is 0 Å². The molecule has 0 spiro atoms. The van der Waals surface area contributed by atoms with Crippen LogP contribution in [0.1, 0.15) is 0 Å². The third-order valence-corrected chi connectivity index (χ3v) is 10.6. The third kappa shape index (κ3) is 5.44. The van der Waals surface area contributed by atoms with Gasteiger partial charge in [-0.15, -0.1) is 0 Å². The average molecular weight is 689 g/mol. The van der Waals surface area contributed by atoms with Crippen LogP contribution in [0.25, 0.3) is 71.6 Å². The SMILES string of the molecule is c1ccc(-c2ccccc2-c2cccc(N(c3ccccc3-c3ccc4ccccc4c3)c3cccc4c3c3ccccc3n4-c3ccccc3)c2)cc1. The Morgan fingerprint density at radius 3 is 1.74 bits per heavy atom. The van der Waals surface area contributed by atoms with Crippen LogP contribution in [-0.2, 0) is 0 Å². The van der Waals surface area contributed by atoms with E-state index in [1.54, 1.807) is 0 Å². The smallest absolute Gasteiger partial charge is 0.0562 e. The zero-order chi connectivity index (χ0) is 35.8. The summed E-state index contributed by atoms with van der Waals surface area (Å²) in [6.07, 6.45) is 0. The molecule has 0 saturated carbocycles. The molecule has 0 aliphatic rings. The Kier molecular flexibility index (Phi) is 7.85. The van der Waals surface area contributed by atoms with Crippen LogP contribution in [0.5, 0.6) is 0 Å². The van der Waals surface area contributed by atoms with Crippen LogP contribution in [0, 0.1) is 0 Å². The minimum atomic E-state index is 1.09. The van der Waals surface area contributed by atoms with E-state index in [1.165, 1.54) is 66.0 Å². The lowest BCUT2D eigenvalue weighted by Crippen LogP contribution is -2.12. The first-order valence-corrected chi connectivity index (χ1v) is 18.5. The first-order chi connectivity index (χ1) is 26.8. The Hall–Kier alpha value is -7.16. The van der Waals surface area contributed by atoms with Gasteiger partial charge in [0.2, 0.25) is 0 Å². The fourth-order valence-electron chi connectivity index (χ4n) is 8.14. The van der Waals surface area contributed by atoms with Crippen LogP contribution >= 0.6 is 0 Å². The van der Waals surface area contributed by atoms with Gasteiger partial charge in [-0.3, -0.25) is 0 Å². The molecule has 1 aromatic heterocycles. The van der Waals surface area contributed by atoms with Crippen LogP contribution in [0.4, 0.5) is 17.1 Å². The summed E-state index contributed by atoms with van der Waals surface area (Å²) in [6.45, 7) is 0. The molecular weight excluding hydrogens is 653 g/mol. The maximum Gasteiger partial charge on any atom is 0.0562 e. The van der Waals surface area contributed by atoms with E-state index in [1.807, 2.05) is 0 Å². The molecule has 0 aliphatic carbocycles. The van der Waals surface area contributed by atoms with E-state index < -0.39 is 0 Å². The Labute approximate surface area is 315 Å². The van der Waals surface area contributed by atoms with E-state index >= 15 is 0 Å². The summed E-state index contributed by atoms with van der Waals surface area (Å²) in [5.41, 5.74) is 14.0. The molecule has 10 rings (SSSR count). The fraction of sp³-hybridized carbons (Fsp3) is 0. The topological polar surface area (TPSA) is 8.17 Å². The van der Waals surface area contributed by atoms with Gasteiger partial charge in [-0.2, -0.15) is 0 Å². The Morgan fingerprint density at radius 2 is 0.907 bits per heavy atom. The second-order valence-electron chi connectivity index (χ2n) is 13.7. The maximum atomic E-state index is 2.48. The van der Waals surface area contributed by atoms with E-state index in [0.717, 1.165) is 22.7 Å². The highest BCUT2D eigenvalue weighted by Gasteiger charge is 2.23. The summed E-state index contributed by atoms with van der Waals surface area (Å²) in [5, 5.41) is 4.88. The lowest BCUT2D eigenvalue weighted by atomic mass is 9.94. The molecule has 0 unspecified atom stereocenters. The maximum absolute atomic E-state index is 2.48. The summed E-state index contributed by atoms with van der Waals surface area (Å²) < 4.78 is 2.40. The lowest BCUT2D eigenvalue weighted by Gasteiger charge is -2.29. The van der Waals surface area contributed by atoms with Crippen molar-refractivity contribution in [3.8, 4) is 39.1 Å². The monoisotopic (exact) mass is 688 g/mol. The Bertz CT molecular complexity index is 2940. The van der Waals surface area contributed by atoms with Gasteiger partial charge < -0.3 is 9.47 Å². The summed E-state index contributed by atoms with van der Waals surface area (Å²) >= 11 is 0.